The van der Waals surface area contributed by atoms with Crippen LogP contribution in [-0.4, -0.2) is 295 Å². The number of H-pyrrole nitrogens is 3. The number of fused-ring (bicyclic) bond motifs is 3. The number of amides is 14. The minimum absolute atomic E-state index is 0.0221. The quantitative estimate of drug-likeness (QED) is 0.0187. The number of likely N-dealkylation sites (N-methyl/N-ethyl adjacent to an activating group) is 4. The SMILES string of the molecule is CCCC[C@@H]1C(=O)N(C)[C@@H](CCCC)C(=O)C[C@@H](CCCNC(=N)N)C(=O)N[C@H](C(=O)NCC(=O)NCC(N)=O)CSCC(=O)N[C@@H](Cc2ccccc2)C(=O)N(C)[C@@H](C)C(=O)N[C@@H](CC(N)=O)C(=O)N2CCC[C@H]2C(=O)C[C@@H](Cc2cnc[nH]2)C(=O)C[C@@H](CC(C)C)C(=O)N(C)CC(=O)N[C@@H](Cc2c[nH]c3ccccc23)C(=O)C[C@@H](CO)C(=O)N[C@@H](Cc2c[nH]c3ccccc23)C(=O)N1C. The van der Waals surface area contributed by atoms with Crippen molar-refractivity contribution in [2.24, 2.45) is 46.8 Å². The van der Waals surface area contributed by atoms with Gasteiger partial charge < -0.3 is 104 Å². The summed E-state index contributed by atoms with van der Waals surface area (Å²) in [5, 5.41) is 41.4. The Hall–Kier alpha value is -13.2. The molecule has 0 saturated carbocycles. The zero-order valence-corrected chi connectivity index (χ0v) is 79.6. The van der Waals surface area contributed by atoms with Gasteiger partial charge in [0.15, 0.2) is 23.3 Å². The monoisotopic (exact) mass is 1900 g/mol. The summed E-state index contributed by atoms with van der Waals surface area (Å²) in [6.07, 6.45) is 4.83. The number of imidazole rings is 1. The predicted molar refractivity (Wildman–Crippen MR) is 507 cm³/mol. The number of carbonyl (C=O) groups is 18. The Morgan fingerprint density at radius 2 is 1.12 bits per heavy atom. The average molecular weight is 1910 g/mol. The number of benzene rings is 3. The van der Waals surface area contributed by atoms with E-state index in [0.717, 1.165) is 21.6 Å². The Kier molecular flexibility index (Phi) is 42.3. The summed E-state index contributed by atoms with van der Waals surface area (Å²) >= 11 is 0.794. The zero-order chi connectivity index (χ0) is 99.6. The number of para-hydroxylation sites is 2. The molecule has 0 aliphatic carbocycles. The van der Waals surface area contributed by atoms with Crippen LogP contribution in [0.1, 0.15) is 160 Å². The van der Waals surface area contributed by atoms with Crippen LogP contribution >= 0.6 is 11.8 Å². The summed E-state index contributed by atoms with van der Waals surface area (Å²) in [6.45, 7) is 5.72. The number of hydrogen-bond donors (Lipinski definition) is 16. The maximum atomic E-state index is 15.8. The van der Waals surface area contributed by atoms with Crippen LogP contribution in [0, 0.1) is 35.0 Å². The number of unbranched alkanes of at least 4 members (excludes halogenated alkanes) is 2. The van der Waals surface area contributed by atoms with Crippen LogP contribution in [0.2, 0.25) is 0 Å². The van der Waals surface area contributed by atoms with Gasteiger partial charge in [0.1, 0.15) is 42.0 Å². The summed E-state index contributed by atoms with van der Waals surface area (Å²) in [4.78, 5) is 282. The highest BCUT2D eigenvalue weighted by Crippen LogP contribution is 2.31. The Bertz CT molecular complexity index is 5200. The maximum absolute atomic E-state index is 15.8. The van der Waals surface area contributed by atoms with Crippen molar-refractivity contribution in [1.82, 2.24) is 87.0 Å². The summed E-state index contributed by atoms with van der Waals surface area (Å²) in [5.74, 6) is -21.3. The van der Waals surface area contributed by atoms with Crippen molar-refractivity contribution < 1.29 is 91.4 Å². The van der Waals surface area contributed by atoms with E-state index in [0.29, 0.717) is 69.9 Å². The molecule has 0 unspecified atom stereocenters. The molecule has 0 radical (unpaired) electrons. The highest BCUT2D eigenvalue weighted by atomic mass is 32.2. The van der Waals surface area contributed by atoms with Crippen molar-refractivity contribution in [3.63, 3.8) is 0 Å². The van der Waals surface area contributed by atoms with E-state index in [4.69, 9.17) is 22.6 Å². The summed E-state index contributed by atoms with van der Waals surface area (Å²) in [5.41, 5.74) is 20.1. The Labute approximate surface area is 794 Å². The minimum atomic E-state index is -1.71. The number of primary amides is 2. The fourth-order valence-corrected chi connectivity index (χ4v) is 18.0. The number of aromatic nitrogens is 4. The molecule has 2 fully saturated rings. The molecule has 14 amide bonds. The van der Waals surface area contributed by atoms with E-state index < -0.39 is 260 Å². The van der Waals surface area contributed by atoms with E-state index in [9.17, 15) is 57.8 Å². The number of nitrogens with one attached hydrogen (secondary N) is 12. The number of nitrogens with two attached hydrogens (primary N) is 3. The van der Waals surface area contributed by atoms with Crippen molar-refractivity contribution in [3.8, 4) is 0 Å². The van der Waals surface area contributed by atoms with Crippen LogP contribution in [0.4, 0.5) is 0 Å². The molecule has 3 aromatic carbocycles. The lowest BCUT2D eigenvalue weighted by atomic mass is 9.83. The first-order chi connectivity index (χ1) is 64.8. The van der Waals surface area contributed by atoms with Crippen molar-refractivity contribution in [3.05, 3.63) is 126 Å². The van der Waals surface area contributed by atoms with Crippen molar-refractivity contribution in [1.29, 1.82) is 5.41 Å². The summed E-state index contributed by atoms with van der Waals surface area (Å²) in [6, 6.07) is 9.78. The molecule has 40 nitrogen and oxygen atoms in total. The molecule has 0 bridgehead atoms. The van der Waals surface area contributed by atoms with Gasteiger partial charge in [0.25, 0.3) is 0 Å². The number of rotatable bonds is 28. The van der Waals surface area contributed by atoms with Gasteiger partial charge in [-0.05, 0) is 93.0 Å². The third-order valence-electron chi connectivity index (χ3n) is 24.8. The zero-order valence-electron chi connectivity index (χ0n) is 78.8. The van der Waals surface area contributed by atoms with Gasteiger partial charge in [0.2, 0.25) is 82.7 Å². The lowest BCUT2D eigenvalue weighted by Crippen LogP contribution is -2.58. The Morgan fingerprint density at radius 1 is 0.551 bits per heavy atom. The van der Waals surface area contributed by atoms with Gasteiger partial charge in [-0.2, -0.15) is 0 Å². The fraction of sp³-hybridized carbons (Fsp3) is 0.537. The number of Topliss-reactive ketones (excluding diaryl/α,β-unsaturated/α-hetero) is 4. The molecular formula is C95H133N21O19S. The van der Waals surface area contributed by atoms with Crippen LogP contribution in [0.3, 0.4) is 0 Å². The fourth-order valence-electron chi connectivity index (χ4n) is 17.2. The third kappa shape index (κ3) is 32.0. The molecule has 8 rings (SSSR count). The normalized spacial score (nSPS) is 23.3. The molecule has 136 heavy (non-hydrogen) atoms. The number of hydrogen-bond acceptors (Lipinski definition) is 22. The Morgan fingerprint density at radius 3 is 1.74 bits per heavy atom. The number of aliphatic hydroxyl groups excluding tert-OH is 1. The minimum Gasteiger partial charge on any atom is -0.396 e. The number of nitrogens with zero attached hydrogens (tertiary/aromatic N) is 6. The molecule has 6 aromatic rings. The lowest BCUT2D eigenvalue weighted by molar-refractivity contribution is -0.149. The number of ketones is 4. The maximum Gasteiger partial charge on any atom is 0.246 e. The summed E-state index contributed by atoms with van der Waals surface area (Å²) < 4.78 is 0. The molecule has 2 aliphatic rings. The van der Waals surface area contributed by atoms with Crippen LogP contribution in [0.25, 0.3) is 21.8 Å². The van der Waals surface area contributed by atoms with E-state index in [2.05, 4.69) is 62.5 Å². The molecule has 13 atom stereocenters. The highest BCUT2D eigenvalue weighted by molar-refractivity contribution is 8.00. The molecule has 19 N–H and O–H groups in total. The molecule has 3 aromatic heterocycles. The standard InChI is InChI=1S/C95H133N21O19S/c1-10-12-30-74-79(120)40-58(25-21-33-101-95(98)99)87(128)111-73(89(130)105-49-83(124)104-48-82(97)123)52-136-53-85(126)108-70(36-57-23-15-14-16-24-57)91(132)113(7)56(5)86(127)109-72(44-81(96)122)93(134)116-34-22-32-75(116)80(121)41-59(37-64-47-100-54-106-64)77(118)42-60(35-55(3)4)90(131)112(6)50-84(125)107-69(38-61-45-102-67-28-19-17-26-65(61)67)78(119)43-63(51-117)88(129)110-71(39-62-46-103-68-29-20-18-27-66(62)68)92(133)115(9)76(31-13-11-2)94(135)114(74)8/h14-20,23-24,26-29,45-47,54-56,58-60,63,69-76,102-103,117H,10-13,21-22,25,30-44,48-53H2,1-9H3,(H2,96,122)(H2,97,123)(H,100,106)(H,104,124)(H,105,130)(H,107,125)(H,108,126)(H,109,127)(H,110,129)(H,111,128)(H4,98,99,101)/t56-,58+,59+,60+,63-,69-,70-,71-,72-,73-,74-,75-,76+/m0/s1. The molecule has 0 spiro atoms. The predicted octanol–water partition coefficient (Wildman–Crippen LogP) is 1.34. The van der Waals surface area contributed by atoms with Gasteiger partial charge in [-0.1, -0.05) is 120 Å². The van der Waals surface area contributed by atoms with E-state index in [1.807, 2.05) is 27.7 Å². The average Bonchev–Trinajstić information content (AvgIpc) is 1.60. The van der Waals surface area contributed by atoms with E-state index in [1.54, 1.807) is 91.3 Å². The molecule has 738 valence electrons. The molecular weight excluding hydrogens is 1770 g/mol. The number of thioether (sulfide) groups is 1. The van der Waals surface area contributed by atoms with E-state index >= 15 is 33.6 Å². The first kappa shape index (κ1) is 108. The molecule has 41 heteroatoms. The second-order valence-electron chi connectivity index (χ2n) is 35.7. The van der Waals surface area contributed by atoms with Gasteiger partial charge in [-0.25, -0.2) is 4.98 Å². The largest absolute Gasteiger partial charge is 0.396 e. The first-order valence-electron chi connectivity index (χ1n) is 46.3. The van der Waals surface area contributed by atoms with Gasteiger partial charge in [0.05, 0.1) is 68.8 Å². The molecule has 2 saturated heterocycles. The van der Waals surface area contributed by atoms with Gasteiger partial charge in [-0.15, -0.1) is 11.8 Å². The second-order valence-corrected chi connectivity index (χ2v) is 36.7. The van der Waals surface area contributed by atoms with E-state index in [1.165, 1.54) is 62.3 Å². The van der Waals surface area contributed by atoms with Crippen molar-refractivity contribution in [2.75, 3.05) is 79.0 Å². The number of aromatic amines is 3. The smallest absolute Gasteiger partial charge is 0.246 e. The van der Waals surface area contributed by atoms with Gasteiger partial charge in [0, 0.05) is 156 Å². The second kappa shape index (κ2) is 53.2. The van der Waals surface area contributed by atoms with E-state index in [-0.39, 0.29) is 89.6 Å². The van der Waals surface area contributed by atoms with Crippen molar-refractivity contribution >= 4 is 145 Å². The lowest BCUT2D eigenvalue weighted by Gasteiger charge is -2.36. The van der Waals surface area contributed by atoms with Crippen molar-refractivity contribution in [2.45, 2.75) is 217 Å². The summed E-state index contributed by atoms with van der Waals surface area (Å²) in [7, 11) is 5.40. The van der Waals surface area contributed by atoms with Gasteiger partial charge >= 0.3 is 0 Å². The van der Waals surface area contributed by atoms with Gasteiger partial charge in [-0.3, -0.25) is 91.7 Å². The number of aliphatic hydroxyl groups is 1. The Balaban J connectivity index is 1.19. The molecule has 2 aliphatic heterocycles. The topological polar surface area (TPSA) is 602 Å². The number of guanidine groups is 1. The third-order valence-corrected chi connectivity index (χ3v) is 25.8. The highest BCUT2D eigenvalue weighted by Gasteiger charge is 2.44. The molecule has 5 heterocycles. The number of carbonyl (C=O) groups excluding carboxylic acids is 18. The van der Waals surface area contributed by atoms with Crippen LogP contribution < -0.4 is 59.7 Å². The van der Waals surface area contributed by atoms with Crippen LogP contribution in [0.5, 0.6) is 0 Å². The first-order valence-corrected chi connectivity index (χ1v) is 47.4. The van der Waals surface area contributed by atoms with Crippen LogP contribution in [-0.2, 0) is 112 Å². The van der Waals surface area contributed by atoms with Crippen LogP contribution in [0.15, 0.2) is 104 Å².